The van der Waals surface area contributed by atoms with Crippen LogP contribution in [0.15, 0.2) is 18.2 Å². The van der Waals surface area contributed by atoms with Crippen molar-refractivity contribution in [3.8, 4) is 0 Å². The summed E-state index contributed by atoms with van der Waals surface area (Å²) in [4.78, 5) is 0. The number of ether oxygens (including phenoxy) is 2. The van der Waals surface area contributed by atoms with Crippen molar-refractivity contribution in [1.29, 1.82) is 0 Å². The molecule has 1 fully saturated rings. The quantitative estimate of drug-likeness (QED) is 0.749. The Hall–Kier alpha value is -0.860. The highest BCUT2D eigenvalue weighted by molar-refractivity contribution is 5.44. The first-order valence-corrected chi connectivity index (χ1v) is 8.11. The molecule has 0 N–H and O–H groups in total. The van der Waals surface area contributed by atoms with E-state index in [1.54, 1.807) is 0 Å². The van der Waals surface area contributed by atoms with Gasteiger partial charge in [-0.2, -0.15) is 0 Å². The molecule has 0 amide bonds. The Morgan fingerprint density at radius 3 is 2.14 bits per heavy atom. The fourth-order valence-corrected chi connectivity index (χ4v) is 3.75. The average Bonchev–Trinajstić information content (AvgIpc) is 2.76. The Morgan fingerprint density at radius 1 is 0.952 bits per heavy atom. The van der Waals surface area contributed by atoms with Crippen molar-refractivity contribution in [2.75, 3.05) is 6.61 Å². The predicted molar refractivity (Wildman–Crippen MR) is 85.6 cm³/mol. The molecule has 1 aromatic rings. The molecule has 0 radical (unpaired) electrons. The summed E-state index contributed by atoms with van der Waals surface area (Å²) in [7, 11) is 0. The molecule has 1 aliphatic heterocycles. The largest absolute Gasteiger partial charge is 0.343 e. The lowest BCUT2D eigenvalue weighted by Crippen LogP contribution is -2.35. The molecule has 116 valence electrons. The third-order valence-corrected chi connectivity index (χ3v) is 5.40. The Morgan fingerprint density at radius 2 is 1.57 bits per heavy atom. The minimum absolute atomic E-state index is 0.162. The van der Waals surface area contributed by atoms with E-state index in [2.05, 4.69) is 52.8 Å². The molecular weight excluding hydrogens is 260 g/mol. The summed E-state index contributed by atoms with van der Waals surface area (Å²) < 4.78 is 12.0. The fraction of sp³-hybridized carbons (Fsp3) is 0.684. The van der Waals surface area contributed by atoms with Crippen molar-refractivity contribution in [2.24, 2.45) is 0 Å². The van der Waals surface area contributed by atoms with Crippen LogP contribution in [0.5, 0.6) is 0 Å². The molecule has 2 heteroatoms. The lowest BCUT2D eigenvalue weighted by molar-refractivity contribution is -0.159. The molecule has 1 heterocycles. The maximum absolute atomic E-state index is 6.02. The third-order valence-electron chi connectivity index (χ3n) is 5.40. The Labute approximate surface area is 128 Å². The molecular formula is C19H28O2. The van der Waals surface area contributed by atoms with Gasteiger partial charge in [-0.3, -0.25) is 0 Å². The van der Waals surface area contributed by atoms with E-state index in [1.807, 2.05) is 6.92 Å². The van der Waals surface area contributed by atoms with E-state index in [9.17, 15) is 0 Å². The first kappa shape index (κ1) is 15.1. The van der Waals surface area contributed by atoms with Gasteiger partial charge in [0.25, 0.3) is 0 Å². The van der Waals surface area contributed by atoms with Crippen molar-refractivity contribution in [3.63, 3.8) is 0 Å². The van der Waals surface area contributed by atoms with Crippen molar-refractivity contribution in [2.45, 2.75) is 77.1 Å². The van der Waals surface area contributed by atoms with Crippen LogP contribution in [0.3, 0.4) is 0 Å². The Bertz CT molecular complexity index is 559. The summed E-state index contributed by atoms with van der Waals surface area (Å²) in [6.07, 6.45) is 2.63. The summed E-state index contributed by atoms with van der Waals surface area (Å²) >= 11 is 0. The zero-order chi connectivity index (χ0) is 15.5. The maximum atomic E-state index is 6.02. The maximum Gasteiger partial charge on any atom is 0.192 e. The van der Waals surface area contributed by atoms with E-state index in [-0.39, 0.29) is 16.9 Å². The van der Waals surface area contributed by atoms with Gasteiger partial charge in [0, 0.05) is 5.56 Å². The zero-order valence-electron chi connectivity index (χ0n) is 14.2. The van der Waals surface area contributed by atoms with E-state index in [0.29, 0.717) is 6.61 Å². The molecule has 2 atom stereocenters. The van der Waals surface area contributed by atoms with Gasteiger partial charge in [-0.15, -0.1) is 0 Å². The first-order chi connectivity index (χ1) is 9.64. The van der Waals surface area contributed by atoms with Gasteiger partial charge < -0.3 is 9.47 Å². The highest BCUT2D eigenvalue weighted by Gasteiger charge is 2.41. The Balaban J connectivity index is 2.08. The summed E-state index contributed by atoms with van der Waals surface area (Å²) in [5.41, 5.74) is 4.58. The monoisotopic (exact) mass is 288 g/mol. The number of hydrogen-bond acceptors (Lipinski definition) is 2. The van der Waals surface area contributed by atoms with Gasteiger partial charge in [0.05, 0.1) is 12.7 Å². The van der Waals surface area contributed by atoms with Crippen LogP contribution in [-0.4, -0.2) is 12.7 Å². The van der Waals surface area contributed by atoms with Gasteiger partial charge in [0.2, 0.25) is 0 Å². The lowest BCUT2D eigenvalue weighted by atomic mass is 9.63. The molecule has 2 unspecified atom stereocenters. The lowest BCUT2D eigenvalue weighted by Gasteiger charge is -2.42. The van der Waals surface area contributed by atoms with Crippen LogP contribution >= 0.6 is 0 Å². The molecule has 0 saturated carbocycles. The van der Waals surface area contributed by atoms with Crippen LogP contribution in [0, 0.1) is 0 Å². The molecule has 2 nitrogen and oxygen atoms in total. The molecule has 0 spiro atoms. The molecule has 21 heavy (non-hydrogen) atoms. The van der Waals surface area contributed by atoms with Gasteiger partial charge in [-0.05, 0) is 54.7 Å². The van der Waals surface area contributed by atoms with Crippen molar-refractivity contribution < 1.29 is 9.47 Å². The van der Waals surface area contributed by atoms with Gasteiger partial charge in [0.1, 0.15) is 0 Å². The van der Waals surface area contributed by atoms with Crippen LogP contribution in [0.2, 0.25) is 0 Å². The number of rotatable bonds is 1. The SMILES string of the molecule is CC1COC(C)(c2ccc3c(c2)C(C)(C)CCC3(C)C)O1. The van der Waals surface area contributed by atoms with Crippen molar-refractivity contribution in [3.05, 3.63) is 34.9 Å². The highest BCUT2D eigenvalue weighted by Crippen LogP contribution is 2.47. The van der Waals surface area contributed by atoms with Crippen LogP contribution in [0.25, 0.3) is 0 Å². The molecule has 1 saturated heterocycles. The number of hydrogen-bond donors (Lipinski definition) is 0. The molecule has 3 rings (SSSR count). The molecule has 0 bridgehead atoms. The van der Waals surface area contributed by atoms with Crippen LogP contribution in [-0.2, 0) is 26.1 Å². The summed E-state index contributed by atoms with van der Waals surface area (Å²) in [5, 5.41) is 0. The molecule has 1 aliphatic carbocycles. The smallest absolute Gasteiger partial charge is 0.192 e. The minimum Gasteiger partial charge on any atom is -0.343 e. The van der Waals surface area contributed by atoms with Crippen LogP contribution in [0.1, 0.15) is 71.1 Å². The van der Waals surface area contributed by atoms with Gasteiger partial charge in [0.15, 0.2) is 5.79 Å². The van der Waals surface area contributed by atoms with Crippen LogP contribution in [0.4, 0.5) is 0 Å². The average molecular weight is 288 g/mol. The Kier molecular flexibility index (Phi) is 3.27. The van der Waals surface area contributed by atoms with Crippen molar-refractivity contribution >= 4 is 0 Å². The molecule has 1 aromatic carbocycles. The van der Waals surface area contributed by atoms with E-state index < -0.39 is 5.79 Å². The minimum atomic E-state index is -0.591. The topological polar surface area (TPSA) is 18.5 Å². The van der Waals surface area contributed by atoms with Gasteiger partial charge in [-0.1, -0.05) is 39.8 Å². The first-order valence-electron chi connectivity index (χ1n) is 8.11. The fourth-order valence-electron chi connectivity index (χ4n) is 3.75. The standard InChI is InChI=1S/C19H28O2/c1-13-12-20-19(6,21-13)14-7-8-15-16(11-14)18(4,5)10-9-17(15,2)3/h7-8,11,13H,9-10,12H2,1-6H3. The van der Waals surface area contributed by atoms with E-state index in [1.165, 1.54) is 24.0 Å². The second-order valence-corrected chi connectivity index (χ2v) is 8.21. The molecule has 2 aliphatic rings. The third kappa shape index (κ3) is 2.43. The van der Waals surface area contributed by atoms with Crippen LogP contribution < -0.4 is 0 Å². The second kappa shape index (κ2) is 4.57. The summed E-state index contributed by atoms with van der Waals surface area (Å²) in [6.45, 7) is 14.2. The summed E-state index contributed by atoms with van der Waals surface area (Å²) in [6, 6.07) is 6.82. The van der Waals surface area contributed by atoms with Gasteiger partial charge in [-0.25, -0.2) is 0 Å². The van der Waals surface area contributed by atoms with E-state index >= 15 is 0 Å². The van der Waals surface area contributed by atoms with Gasteiger partial charge >= 0.3 is 0 Å². The number of fused-ring (bicyclic) bond motifs is 1. The van der Waals surface area contributed by atoms with E-state index in [0.717, 1.165) is 5.56 Å². The number of benzene rings is 1. The second-order valence-electron chi connectivity index (χ2n) is 8.21. The predicted octanol–water partition coefficient (Wildman–Crippen LogP) is 4.64. The highest BCUT2D eigenvalue weighted by atomic mass is 16.7. The summed E-state index contributed by atoms with van der Waals surface area (Å²) in [5.74, 6) is -0.591. The zero-order valence-corrected chi connectivity index (χ0v) is 14.2. The normalized spacial score (nSPS) is 33.7. The molecule has 0 aromatic heterocycles. The van der Waals surface area contributed by atoms with E-state index in [4.69, 9.17) is 9.47 Å². The van der Waals surface area contributed by atoms with Crippen molar-refractivity contribution in [1.82, 2.24) is 0 Å².